The van der Waals surface area contributed by atoms with E-state index in [4.69, 9.17) is 14.2 Å². The topological polar surface area (TPSA) is 97.2 Å². The van der Waals surface area contributed by atoms with Gasteiger partial charge in [0.25, 0.3) is 0 Å². The molecule has 2 aromatic rings. The third kappa shape index (κ3) is 6.10. The van der Waals surface area contributed by atoms with Crippen molar-refractivity contribution >= 4 is 17.3 Å². The van der Waals surface area contributed by atoms with Crippen molar-refractivity contribution in [2.45, 2.75) is 84.0 Å². The van der Waals surface area contributed by atoms with Crippen molar-refractivity contribution in [2.75, 3.05) is 43.7 Å². The van der Waals surface area contributed by atoms with Crippen LogP contribution in [0.3, 0.4) is 0 Å². The highest BCUT2D eigenvalue weighted by molar-refractivity contribution is 5.69. The second kappa shape index (κ2) is 12.0. The smallest absolute Gasteiger partial charge is 0.305 e. The summed E-state index contributed by atoms with van der Waals surface area (Å²) in [6, 6.07) is 5.87. The summed E-state index contributed by atoms with van der Waals surface area (Å²) >= 11 is 0. The first-order chi connectivity index (χ1) is 19.6. The van der Waals surface area contributed by atoms with Crippen LogP contribution in [0.1, 0.15) is 71.3 Å². The van der Waals surface area contributed by atoms with E-state index in [1.807, 2.05) is 18.3 Å². The van der Waals surface area contributed by atoms with E-state index in [0.717, 1.165) is 25.2 Å². The Morgan fingerprint density at radius 2 is 1.85 bits per heavy atom. The minimum absolute atomic E-state index is 0.0121. The zero-order valence-electron chi connectivity index (χ0n) is 25.4. The summed E-state index contributed by atoms with van der Waals surface area (Å²) in [5.41, 5.74) is 3.74. The average Bonchev–Trinajstić information content (AvgIpc) is 3.47. The standard InChI is InChI=1S/C32H46N4O5/c1-20-18-35(26-14-30(40-6)34-17-23(26)24-8-7-12-32(24,3)4)13-11-27(20)41-29-10-9-22(16-33-29)36-19-28(39-5)21(2)25(36)15-31(37)38/h9-10,14,16-17,20-21,24-25,27-28H,7-8,11-13,15,18-19H2,1-6H3,(H,37,38)/t20?,21-,24?,25-,27?,28-/m0/s1. The van der Waals surface area contributed by atoms with Crippen LogP contribution in [0.25, 0.3) is 0 Å². The van der Waals surface area contributed by atoms with Gasteiger partial charge in [-0.1, -0.05) is 34.1 Å². The lowest BCUT2D eigenvalue weighted by molar-refractivity contribution is -0.137. The molecule has 3 unspecified atom stereocenters. The number of piperidine rings is 1. The molecule has 9 nitrogen and oxygen atoms in total. The summed E-state index contributed by atoms with van der Waals surface area (Å²) in [6.07, 6.45) is 8.54. The predicted molar refractivity (Wildman–Crippen MR) is 159 cm³/mol. The maximum Gasteiger partial charge on any atom is 0.305 e. The number of hydrogen-bond acceptors (Lipinski definition) is 8. The van der Waals surface area contributed by atoms with E-state index in [1.54, 1.807) is 20.4 Å². The van der Waals surface area contributed by atoms with Gasteiger partial charge in [-0.05, 0) is 35.8 Å². The molecule has 0 aromatic carbocycles. The molecule has 41 heavy (non-hydrogen) atoms. The molecule has 2 aromatic heterocycles. The number of nitrogens with zero attached hydrogens (tertiary/aromatic N) is 4. The second-order valence-corrected chi connectivity index (χ2v) is 12.9. The van der Waals surface area contributed by atoms with Gasteiger partial charge in [-0.3, -0.25) is 4.79 Å². The molecule has 2 saturated heterocycles. The molecule has 1 N–H and O–H groups in total. The molecule has 2 aliphatic heterocycles. The van der Waals surface area contributed by atoms with Gasteiger partial charge >= 0.3 is 5.97 Å². The Kier molecular flexibility index (Phi) is 8.64. The van der Waals surface area contributed by atoms with Gasteiger partial charge in [0.15, 0.2) is 0 Å². The molecule has 9 heteroatoms. The fraction of sp³-hybridized carbons (Fsp3) is 0.656. The van der Waals surface area contributed by atoms with Gasteiger partial charge in [0, 0.05) is 75.1 Å². The average molecular weight is 567 g/mol. The minimum atomic E-state index is -0.805. The van der Waals surface area contributed by atoms with E-state index in [-0.39, 0.29) is 36.0 Å². The molecule has 6 atom stereocenters. The van der Waals surface area contributed by atoms with Crippen molar-refractivity contribution in [1.82, 2.24) is 9.97 Å². The maximum atomic E-state index is 11.5. The Morgan fingerprint density at radius 3 is 2.46 bits per heavy atom. The molecule has 4 heterocycles. The predicted octanol–water partition coefficient (Wildman–Crippen LogP) is 5.39. The lowest BCUT2D eigenvalue weighted by Gasteiger charge is -2.40. The monoisotopic (exact) mass is 566 g/mol. The summed E-state index contributed by atoms with van der Waals surface area (Å²) in [5.74, 6) is 1.36. The van der Waals surface area contributed by atoms with E-state index in [1.165, 1.54) is 30.5 Å². The highest BCUT2D eigenvalue weighted by Crippen LogP contribution is 2.51. The van der Waals surface area contributed by atoms with E-state index >= 15 is 0 Å². The van der Waals surface area contributed by atoms with Crippen LogP contribution in [-0.4, -0.2) is 73.1 Å². The summed E-state index contributed by atoms with van der Waals surface area (Å²) < 4.78 is 17.6. The number of hydrogen-bond donors (Lipinski definition) is 1. The number of methoxy groups -OCH3 is 2. The molecule has 3 aliphatic rings. The summed E-state index contributed by atoms with van der Waals surface area (Å²) in [5, 5.41) is 9.46. The van der Waals surface area contributed by atoms with Gasteiger partial charge in [-0.25, -0.2) is 9.97 Å². The Bertz CT molecular complexity index is 1210. The van der Waals surface area contributed by atoms with Gasteiger partial charge in [0.2, 0.25) is 11.8 Å². The van der Waals surface area contributed by atoms with Crippen molar-refractivity contribution < 1.29 is 24.1 Å². The molecule has 0 bridgehead atoms. The van der Waals surface area contributed by atoms with Crippen molar-refractivity contribution in [3.05, 3.63) is 36.2 Å². The normalized spacial score (nSPS) is 29.5. The Balaban J connectivity index is 1.26. The zero-order chi connectivity index (χ0) is 29.3. The lowest BCUT2D eigenvalue weighted by atomic mass is 9.77. The number of aromatic nitrogens is 2. The molecular weight excluding hydrogens is 520 g/mol. The minimum Gasteiger partial charge on any atom is -0.481 e. The maximum absolute atomic E-state index is 11.5. The zero-order valence-corrected chi connectivity index (χ0v) is 25.4. The third-order valence-corrected chi connectivity index (χ3v) is 9.88. The van der Waals surface area contributed by atoms with Gasteiger partial charge in [-0.2, -0.15) is 0 Å². The molecule has 0 spiro atoms. The molecule has 1 aliphatic carbocycles. The number of anilines is 2. The quantitative estimate of drug-likeness (QED) is 0.429. The number of carboxylic acids is 1. The number of carbonyl (C=O) groups is 1. The first-order valence-corrected chi connectivity index (χ1v) is 15.0. The number of rotatable bonds is 9. The van der Waals surface area contributed by atoms with E-state index < -0.39 is 5.97 Å². The van der Waals surface area contributed by atoms with Crippen molar-refractivity contribution in [2.24, 2.45) is 17.3 Å². The molecule has 224 valence electrons. The summed E-state index contributed by atoms with van der Waals surface area (Å²) in [7, 11) is 3.37. The van der Waals surface area contributed by atoms with Crippen LogP contribution < -0.4 is 19.3 Å². The van der Waals surface area contributed by atoms with Gasteiger partial charge in [-0.15, -0.1) is 0 Å². The Morgan fingerprint density at radius 1 is 1.07 bits per heavy atom. The van der Waals surface area contributed by atoms with Crippen LogP contribution in [-0.2, 0) is 9.53 Å². The van der Waals surface area contributed by atoms with E-state index in [9.17, 15) is 9.90 Å². The first-order valence-electron chi connectivity index (χ1n) is 15.0. The van der Waals surface area contributed by atoms with Crippen LogP contribution in [0.5, 0.6) is 11.8 Å². The Hall–Kier alpha value is -3.07. The summed E-state index contributed by atoms with van der Waals surface area (Å²) in [4.78, 5) is 25.3. The lowest BCUT2D eigenvalue weighted by Crippen LogP contribution is -2.45. The molecule has 0 amide bonds. The Labute approximate surface area is 244 Å². The number of pyridine rings is 2. The highest BCUT2D eigenvalue weighted by Gasteiger charge is 2.41. The second-order valence-electron chi connectivity index (χ2n) is 12.9. The van der Waals surface area contributed by atoms with E-state index in [2.05, 4.69) is 53.5 Å². The van der Waals surface area contributed by atoms with Crippen molar-refractivity contribution in [3.8, 4) is 11.8 Å². The van der Waals surface area contributed by atoms with Crippen LogP contribution in [0.2, 0.25) is 0 Å². The van der Waals surface area contributed by atoms with Gasteiger partial charge < -0.3 is 29.1 Å². The fourth-order valence-electron chi connectivity index (χ4n) is 7.37. The van der Waals surface area contributed by atoms with Crippen LogP contribution in [0.15, 0.2) is 30.6 Å². The summed E-state index contributed by atoms with van der Waals surface area (Å²) in [6.45, 7) is 11.5. The largest absolute Gasteiger partial charge is 0.481 e. The number of aliphatic carboxylic acids is 1. The number of carboxylic acid groups (broad SMARTS) is 1. The third-order valence-electron chi connectivity index (χ3n) is 9.88. The molecule has 1 saturated carbocycles. The van der Waals surface area contributed by atoms with Crippen LogP contribution in [0, 0.1) is 17.3 Å². The van der Waals surface area contributed by atoms with E-state index in [0.29, 0.717) is 30.1 Å². The van der Waals surface area contributed by atoms with Crippen LogP contribution in [0.4, 0.5) is 11.4 Å². The van der Waals surface area contributed by atoms with Crippen molar-refractivity contribution in [1.29, 1.82) is 0 Å². The van der Waals surface area contributed by atoms with Gasteiger partial charge in [0.1, 0.15) is 6.10 Å². The highest BCUT2D eigenvalue weighted by atomic mass is 16.5. The SMILES string of the molecule is COc1cc(N2CCC(Oc3ccc(N4C[C@H](OC)[C@@H](C)[C@@H]4CC(=O)O)cn3)C(C)C2)c(C2CCCC2(C)C)cn1. The molecule has 3 fully saturated rings. The molecule has 5 rings (SSSR count). The molecular formula is C32H46N4O5. The molecule has 0 radical (unpaired) electrons. The number of ether oxygens (including phenoxy) is 3. The van der Waals surface area contributed by atoms with Crippen LogP contribution >= 0.6 is 0 Å². The fourth-order valence-corrected chi connectivity index (χ4v) is 7.37. The first kappa shape index (κ1) is 29.4. The van der Waals surface area contributed by atoms with Crippen molar-refractivity contribution in [3.63, 3.8) is 0 Å². The van der Waals surface area contributed by atoms with Gasteiger partial charge in [0.05, 0.1) is 31.5 Å².